The first-order valence-corrected chi connectivity index (χ1v) is 20.9. The van der Waals surface area contributed by atoms with E-state index in [0.29, 0.717) is 52.0 Å². The predicted molar refractivity (Wildman–Crippen MR) is 235 cm³/mol. The SMILES string of the molecule is COc1cc(-c2cc(C(=O)N3CCC(CC(CC4CCN(C(=O)c5ccc(C)c(-c6cc(OC)c(OC)c(OC)c6)c5)CC4)N(C)C)CC3)ccc2C)cc(C)c1OC. The number of likely N-dealkylation sites (tertiary alicyclic amines) is 2. The average Bonchev–Trinajstić information content (AvgIpc) is 3.25. The first-order valence-electron chi connectivity index (χ1n) is 20.9. The van der Waals surface area contributed by atoms with Crippen molar-refractivity contribution in [3.05, 3.63) is 88.5 Å². The van der Waals surface area contributed by atoms with Crippen LogP contribution in [0.25, 0.3) is 22.3 Å². The number of nitrogens with zero attached hydrogens (tertiary/aromatic N) is 3. The number of amides is 2. The molecule has 0 saturated carbocycles. The van der Waals surface area contributed by atoms with Crippen molar-refractivity contribution >= 4 is 11.8 Å². The summed E-state index contributed by atoms with van der Waals surface area (Å²) in [5.74, 6) is 4.39. The normalized spacial score (nSPS) is 15.6. The minimum absolute atomic E-state index is 0.0699. The van der Waals surface area contributed by atoms with E-state index in [0.717, 1.165) is 109 Å². The second-order valence-electron chi connectivity index (χ2n) is 16.6. The zero-order valence-corrected chi connectivity index (χ0v) is 36.8. The van der Waals surface area contributed by atoms with Gasteiger partial charge in [0.2, 0.25) is 5.75 Å². The molecule has 59 heavy (non-hydrogen) atoms. The van der Waals surface area contributed by atoms with Crippen molar-refractivity contribution in [3.63, 3.8) is 0 Å². The highest BCUT2D eigenvalue weighted by molar-refractivity contribution is 5.97. The van der Waals surface area contributed by atoms with Gasteiger partial charge in [0.05, 0.1) is 35.5 Å². The number of methoxy groups -OCH3 is 5. The molecule has 0 aromatic heterocycles. The Morgan fingerprint density at radius 1 is 0.559 bits per heavy atom. The standard InChI is InChI=1S/C49H63N3O7/c1-31-11-13-36(26-41(31)38-23-33(3)46(58-9)43(28-38)55-6)48(53)51-19-15-34(16-20-51)24-40(50(4)5)25-35-17-21-52(22-18-35)49(54)37-14-12-32(2)42(27-37)39-29-44(56-7)47(59-10)45(30-39)57-8/h11-14,23,26-30,34-35,40H,15-22,24-25H2,1-10H3. The van der Waals surface area contributed by atoms with Crippen molar-refractivity contribution in [2.45, 2.75) is 65.3 Å². The lowest BCUT2D eigenvalue weighted by Crippen LogP contribution is -2.42. The topological polar surface area (TPSA) is 90.0 Å². The molecule has 1 atom stereocenters. The molecule has 2 fully saturated rings. The summed E-state index contributed by atoms with van der Waals surface area (Å²) < 4.78 is 27.9. The third-order valence-electron chi connectivity index (χ3n) is 12.7. The zero-order chi connectivity index (χ0) is 42.4. The Morgan fingerprint density at radius 2 is 0.949 bits per heavy atom. The van der Waals surface area contributed by atoms with Gasteiger partial charge in [-0.3, -0.25) is 9.59 Å². The molecule has 2 aliphatic rings. The second-order valence-corrected chi connectivity index (χ2v) is 16.6. The van der Waals surface area contributed by atoms with Crippen LogP contribution in [0.5, 0.6) is 28.7 Å². The van der Waals surface area contributed by atoms with Gasteiger partial charge in [-0.1, -0.05) is 12.1 Å². The number of benzene rings is 4. The summed E-state index contributed by atoms with van der Waals surface area (Å²) in [5, 5.41) is 0. The highest BCUT2D eigenvalue weighted by Gasteiger charge is 2.31. The van der Waals surface area contributed by atoms with Crippen molar-refractivity contribution in [1.29, 1.82) is 0 Å². The molecule has 0 radical (unpaired) electrons. The fourth-order valence-corrected chi connectivity index (χ4v) is 9.08. The Kier molecular flexibility index (Phi) is 14.1. The minimum atomic E-state index is 0.0699. The molecule has 4 aromatic carbocycles. The number of hydrogen-bond donors (Lipinski definition) is 0. The van der Waals surface area contributed by atoms with Crippen molar-refractivity contribution in [1.82, 2.24) is 14.7 Å². The Labute approximate surface area is 351 Å². The lowest BCUT2D eigenvalue weighted by atomic mass is 9.83. The molecular formula is C49H63N3O7. The molecule has 2 heterocycles. The number of rotatable bonds is 14. The summed E-state index contributed by atoms with van der Waals surface area (Å²) in [6, 6.07) is 20.4. The van der Waals surface area contributed by atoms with Crippen LogP contribution < -0.4 is 23.7 Å². The number of piperidine rings is 2. The smallest absolute Gasteiger partial charge is 0.253 e. The molecule has 0 spiro atoms. The van der Waals surface area contributed by atoms with Crippen LogP contribution in [0.4, 0.5) is 0 Å². The summed E-state index contributed by atoms with van der Waals surface area (Å²) in [6.07, 6.45) is 6.24. The van der Waals surface area contributed by atoms with Gasteiger partial charge in [0.15, 0.2) is 23.0 Å². The lowest BCUT2D eigenvalue weighted by molar-refractivity contribution is 0.0644. The summed E-state index contributed by atoms with van der Waals surface area (Å²) in [4.78, 5) is 34.2. The number of carbonyl (C=O) groups is 2. The quantitative estimate of drug-likeness (QED) is 0.125. The van der Waals surface area contributed by atoms with Gasteiger partial charge in [0.25, 0.3) is 11.8 Å². The third kappa shape index (κ3) is 9.65. The number of hydrogen-bond acceptors (Lipinski definition) is 8. The molecule has 4 aromatic rings. The van der Waals surface area contributed by atoms with Crippen LogP contribution in [0.3, 0.4) is 0 Å². The van der Waals surface area contributed by atoms with Crippen LogP contribution >= 0.6 is 0 Å². The van der Waals surface area contributed by atoms with Crippen molar-refractivity contribution in [2.24, 2.45) is 11.8 Å². The highest BCUT2D eigenvalue weighted by Crippen LogP contribution is 2.42. The van der Waals surface area contributed by atoms with E-state index in [2.05, 4.69) is 32.0 Å². The van der Waals surface area contributed by atoms with Gasteiger partial charge in [0, 0.05) is 43.3 Å². The van der Waals surface area contributed by atoms with Crippen LogP contribution in [0, 0.1) is 32.6 Å². The molecular weight excluding hydrogens is 743 g/mol. The third-order valence-corrected chi connectivity index (χ3v) is 12.7. The fraction of sp³-hybridized carbons (Fsp3) is 0.469. The molecule has 0 N–H and O–H groups in total. The van der Waals surface area contributed by atoms with Gasteiger partial charge in [-0.2, -0.15) is 0 Å². The number of ether oxygens (including phenoxy) is 5. The molecule has 10 nitrogen and oxygen atoms in total. The predicted octanol–water partition coefficient (Wildman–Crippen LogP) is 9.10. The van der Waals surface area contributed by atoms with Crippen LogP contribution in [0.15, 0.2) is 60.7 Å². The Morgan fingerprint density at radius 3 is 1.32 bits per heavy atom. The van der Waals surface area contributed by atoms with Crippen LogP contribution in [-0.4, -0.2) is 108 Å². The fourth-order valence-electron chi connectivity index (χ4n) is 9.08. The van der Waals surface area contributed by atoms with Crippen molar-refractivity contribution < 1.29 is 33.3 Å². The average molecular weight is 806 g/mol. The van der Waals surface area contributed by atoms with Crippen LogP contribution in [-0.2, 0) is 0 Å². The molecule has 6 rings (SSSR count). The molecule has 10 heteroatoms. The zero-order valence-electron chi connectivity index (χ0n) is 36.8. The molecule has 2 aliphatic heterocycles. The molecule has 1 unspecified atom stereocenters. The summed E-state index contributed by atoms with van der Waals surface area (Å²) >= 11 is 0. The van der Waals surface area contributed by atoms with Gasteiger partial charge >= 0.3 is 0 Å². The Bertz CT molecular complexity index is 2090. The molecule has 0 aliphatic carbocycles. The van der Waals surface area contributed by atoms with E-state index < -0.39 is 0 Å². The van der Waals surface area contributed by atoms with Gasteiger partial charge in [-0.15, -0.1) is 0 Å². The van der Waals surface area contributed by atoms with Crippen molar-refractivity contribution in [2.75, 3.05) is 75.8 Å². The minimum Gasteiger partial charge on any atom is -0.493 e. The van der Waals surface area contributed by atoms with E-state index in [4.69, 9.17) is 23.7 Å². The summed E-state index contributed by atoms with van der Waals surface area (Å²) in [7, 11) is 12.5. The van der Waals surface area contributed by atoms with E-state index in [1.165, 1.54) is 0 Å². The van der Waals surface area contributed by atoms with Crippen molar-refractivity contribution in [3.8, 4) is 51.0 Å². The van der Waals surface area contributed by atoms with E-state index >= 15 is 0 Å². The first-order chi connectivity index (χ1) is 28.4. The molecule has 2 amide bonds. The number of carbonyl (C=O) groups excluding carboxylic acids is 2. The molecule has 2 saturated heterocycles. The van der Waals surface area contributed by atoms with Gasteiger partial charge in [0.1, 0.15) is 0 Å². The lowest BCUT2D eigenvalue weighted by Gasteiger charge is -2.38. The number of aryl methyl sites for hydroxylation is 3. The molecule has 316 valence electrons. The maximum atomic E-state index is 13.9. The summed E-state index contributed by atoms with van der Waals surface area (Å²) in [5.41, 5.74) is 8.44. The Balaban J connectivity index is 1.03. The van der Waals surface area contributed by atoms with Gasteiger partial charge in [-0.25, -0.2) is 0 Å². The largest absolute Gasteiger partial charge is 0.493 e. The monoisotopic (exact) mass is 805 g/mol. The maximum Gasteiger partial charge on any atom is 0.253 e. The van der Waals surface area contributed by atoms with E-state index in [-0.39, 0.29) is 11.8 Å². The van der Waals surface area contributed by atoms with Gasteiger partial charge in [-0.05, 0) is 173 Å². The van der Waals surface area contributed by atoms with Crippen LogP contribution in [0.2, 0.25) is 0 Å². The Hall–Kier alpha value is -5.22. The highest BCUT2D eigenvalue weighted by atomic mass is 16.5. The van der Waals surface area contributed by atoms with Crippen LogP contribution in [0.1, 0.15) is 75.9 Å². The van der Waals surface area contributed by atoms with E-state index in [1.807, 2.05) is 78.2 Å². The van der Waals surface area contributed by atoms with Gasteiger partial charge < -0.3 is 38.4 Å². The summed E-state index contributed by atoms with van der Waals surface area (Å²) in [6.45, 7) is 9.17. The van der Waals surface area contributed by atoms with E-state index in [1.54, 1.807) is 35.5 Å². The maximum absolute atomic E-state index is 13.9. The van der Waals surface area contributed by atoms with E-state index in [9.17, 15) is 9.59 Å². The second kappa shape index (κ2) is 19.2. The molecule has 0 bridgehead atoms. The first kappa shape index (κ1) is 43.4.